The minimum Gasteiger partial charge on any atom is -0.465 e. The summed E-state index contributed by atoms with van der Waals surface area (Å²) in [6.45, 7) is 1.79. The van der Waals surface area contributed by atoms with Crippen LogP contribution in [-0.2, 0) is 22.9 Å². The number of pyridine rings is 2. The molecule has 4 aromatic rings. The van der Waals surface area contributed by atoms with Crippen molar-refractivity contribution in [2.75, 3.05) is 12.4 Å². The lowest BCUT2D eigenvalue weighted by atomic mass is 9.78. The molecule has 1 unspecified atom stereocenters. The quantitative estimate of drug-likeness (QED) is 0.228. The van der Waals surface area contributed by atoms with Gasteiger partial charge in [-0.1, -0.05) is 0 Å². The molecule has 3 N–H and O–H groups in total. The lowest BCUT2D eigenvalue weighted by Gasteiger charge is -2.33. The first-order valence-corrected chi connectivity index (χ1v) is 12.0. The fourth-order valence-electron chi connectivity index (χ4n) is 4.73. The van der Waals surface area contributed by atoms with Crippen molar-refractivity contribution in [2.45, 2.75) is 38.0 Å². The average molecular weight is 542 g/mol. The molecule has 0 saturated carbocycles. The van der Waals surface area contributed by atoms with Crippen molar-refractivity contribution >= 4 is 17.6 Å². The Morgan fingerprint density at radius 3 is 2.69 bits per heavy atom. The Bertz CT molecular complexity index is 1570. The summed E-state index contributed by atoms with van der Waals surface area (Å²) in [7, 11) is 1.17. The molecule has 0 aliphatic heterocycles. The SMILES string of the molecule is COC(=O)c1cc2c(cc1F)C(O)(c1ncc(-c3cc(C)cc(Nc4cc(C(F)(F)F)ccn4)n3)[nH]1)CCC2. The van der Waals surface area contributed by atoms with Crippen LogP contribution in [0.5, 0.6) is 0 Å². The Hall–Kier alpha value is -4.32. The van der Waals surface area contributed by atoms with Gasteiger partial charge in [0, 0.05) is 6.20 Å². The molecular weight excluding hydrogens is 518 g/mol. The van der Waals surface area contributed by atoms with Gasteiger partial charge in [-0.25, -0.2) is 24.1 Å². The zero-order valence-electron chi connectivity index (χ0n) is 20.9. The minimum atomic E-state index is -4.52. The fourth-order valence-corrected chi connectivity index (χ4v) is 4.73. The number of benzene rings is 1. The first kappa shape index (κ1) is 26.3. The number of nitrogens with zero attached hydrogens (tertiary/aromatic N) is 3. The number of halogens is 4. The van der Waals surface area contributed by atoms with Gasteiger partial charge in [-0.15, -0.1) is 0 Å². The van der Waals surface area contributed by atoms with Crippen molar-refractivity contribution in [3.63, 3.8) is 0 Å². The van der Waals surface area contributed by atoms with Gasteiger partial charge in [0.05, 0.1) is 35.8 Å². The third kappa shape index (κ3) is 5.07. The number of alkyl halides is 3. The molecule has 0 spiro atoms. The number of nitrogens with one attached hydrogen (secondary N) is 2. The van der Waals surface area contributed by atoms with E-state index in [4.69, 9.17) is 0 Å². The van der Waals surface area contributed by atoms with E-state index in [2.05, 4.69) is 30.0 Å². The van der Waals surface area contributed by atoms with Gasteiger partial charge in [0.25, 0.3) is 0 Å². The highest BCUT2D eigenvalue weighted by atomic mass is 19.4. The van der Waals surface area contributed by atoms with E-state index >= 15 is 0 Å². The molecule has 1 atom stereocenters. The molecule has 39 heavy (non-hydrogen) atoms. The number of aromatic amines is 1. The average Bonchev–Trinajstić information content (AvgIpc) is 3.39. The number of aromatic nitrogens is 4. The van der Waals surface area contributed by atoms with Crippen LogP contribution in [0.2, 0.25) is 0 Å². The Labute approximate surface area is 220 Å². The molecule has 0 bridgehead atoms. The molecule has 0 fully saturated rings. The van der Waals surface area contributed by atoms with Crippen molar-refractivity contribution in [3.8, 4) is 11.4 Å². The number of fused-ring (bicyclic) bond motifs is 1. The number of aryl methyl sites for hydroxylation is 2. The van der Waals surface area contributed by atoms with Crippen LogP contribution < -0.4 is 5.32 Å². The number of hydrogen-bond acceptors (Lipinski definition) is 7. The van der Waals surface area contributed by atoms with Crippen LogP contribution >= 0.6 is 0 Å². The van der Waals surface area contributed by atoms with Crippen molar-refractivity contribution in [1.29, 1.82) is 0 Å². The molecular formula is C27H23F4N5O3. The largest absolute Gasteiger partial charge is 0.465 e. The highest BCUT2D eigenvalue weighted by Gasteiger charge is 2.40. The van der Waals surface area contributed by atoms with Crippen LogP contribution in [0.4, 0.5) is 29.2 Å². The van der Waals surface area contributed by atoms with Crippen LogP contribution in [-0.4, -0.2) is 38.1 Å². The normalized spacial score (nSPS) is 17.0. The number of aliphatic hydroxyl groups is 1. The van der Waals surface area contributed by atoms with E-state index in [1.54, 1.807) is 19.1 Å². The monoisotopic (exact) mass is 541 g/mol. The summed E-state index contributed by atoms with van der Waals surface area (Å²) in [5.74, 6) is -1.22. The second kappa shape index (κ2) is 9.77. The highest BCUT2D eigenvalue weighted by Crippen LogP contribution is 2.41. The number of hydrogen-bond donors (Lipinski definition) is 3. The molecule has 202 valence electrons. The van der Waals surface area contributed by atoms with E-state index in [0.717, 1.165) is 30.0 Å². The molecule has 0 amide bonds. The third-order valence-electron chi connectivity index (χ3n) is 6.59. The van der Waals surface area contributed by atoms with Crippen molar-refractivity contribution in [3.05, 3.63) is 88.3 Å². The topological polar surface area (TPSA) is 113 Å². The number of anilines is 2. The zero-order valence-corrected chi connectivity index (χ0v) is 20.9. The van der Waals surface area contributed by atoms with Gasteiger partial charge in [-0.3, -0.25) is 0 Å². The number of esters is 1. The van der Waals surface area contributed by atoms with Gasteiger partial charge in [0.2, 0.25) is 0 Å². The molecule has 8 nitrogen and oxygen atoms in total. The van der Waals surface area contributed by atoms with E-state index in [9.17, 15) is 27.5 Å². The summed E-state index contributed by atoms with van der Waals surface area (Å²) < 4.78 is 58.7. The predicted octanol–water partition coefficient (Wildman–Crippen LogP) is 5.44. The Morgan fingerprint density at radius 2 is 1.95 bits per heavy atom. The lowest BCUT2D eigenvalue weighted by Crippen LogP contribution is -2.33. The molecule has 12 heteroatoms. The second-order valence-corrected chi connectivity index (χ2v) is 9.31. The number of rotatable bonds is 5. The molecule has 1 aromatic carbocycles. The second-order valence-electron chi connectivity index (χ2n) is 9.31. The van der Waals surface area contributed by atoms with Crippen molar-refractivity contribution in [1.82, 2.24) is 19.9 Å². The third-order valence-corrected chi connectivity index (χ3v) is 6.59. The summed E-state index contributed by atoms with van der Waals surface area (Å²) in [5.41, 5.74) is -0.191. The molecule has 3 heterocycles. The van der Waals surface area contributed by atoms with Gasteiger partial charge in [-0.2, -0.15) is 13.2 Å². The van der Waals surface area contributed by atoms with E-state index in [0.29, 0.717) is 35.4 Å². The number of carbonyl (C=O) groups excluding carboxylic acids is 1. The molecule has 3 aromatic heterocycles. The smallest absolute Gasteiger partial charge is 0.416 e. The van der Waals surface area contributed by atoms with Crippen LogP contribution in [0, 0.1) is 12.7 Å². The molecule has 0 radical (unpaired) electrons. The van der Waals surface area contributed by atoms with Crippen LogP contribution in [0.25, 0.3) is 11.4 Å². The predicted molar refractivity (Wildman–Crippen MR) is 133 cm³/mol. The van der Waals surface area contributed by atoms with Gasteiger partial charge in [0.15, 0.2) is 0 Å². The van der Waals surface area contributed by atoms with E-state index in [1.165, 1.54) is 19.4 Å². The maximum atomic E-state index is 14.8. The van der Waals surface area contributed by atoms with E-state index in [1.807, 2.05) is 0 Å². The van der Waals surface area contributed by atoms with E-state index < -0.39 is 29.1 Å². The molecule has 1 aliphatic rings. The Balaban J connectivity index is 1.47. The van der Waals surface area contributed by atoms with Crippen molar-refractivity contribution < 1.29 is 32.2 Å². The number of H-pyrrole nitrogens is 1. The Morgan fingerprint density at radius 1 is 1.15 bits per heavy atom. The number of ether oxygens (including phenoxy) is 1. The summed E-state index contributed by atoms with van der Waals surface area (Å²) in [4.78, 5) is 27.8. The van der Waals surface area contributed by atoms with Crippen molar-refractivity contribution in [2.24, 2.45) is 0 Å². The number of imidazole rings is 1. The van der Waals surface area contributed by atoms with Gasteiger partial charge in [0.1, 0.15) is 28.9 Å². The number of methoxy groups -OCH3 is 1. The van der Waals surface area contributed by atoms with Gasteiger partial charge in [-0.05, 0) is 79.3 Å². The van der Waals surface area contributed by atoms with Crippen LogP contribution in [0.3, 0.4) is 0 Å². The Kier molecular flexibility index (Phi) is 6.59. The summed E-state index contributed by atoms with van der Waals surface area (Å²) >= 11 is 0. The standard InChI is InChI=1S/C27H23F4N5O3/c1-14-8-20(34-23(9-14)36-22-11-16(5-7-32-22)27(29,30)31)21-13-33-25(35-21)26(38)6-3-4-15-10-17(24(37)39-2)19(28)12-18(15)26/h5,7-13,38H,3-4,6H2,1-2H3,(H,33,35)(H,32,34,36). The van der Waals surface area contributed by atoms with Gasteiger partial charge >= 0.3 is 12.1 Å². The maximum Gasteiger partial charge on any atom is 0.416 e. The number of carbonyl (C=O) groups is 1. The minimum absolute atomic E-state index is 0.0272. The summed E-state index contributed by atoms with van der Waals surface area (Å²) in [6.07, 6.45) is -0.629. The molecule has 1 aliphatic carbocycles. The van der Waals surface area contributed by atoms with Crippen LogP contribution in [0.15, 0.2) is 48.8 Å². The highest BCUT2D eigenvalue weighted by molar-refractivity contribution is 5.90. The maximum absolute atomic E-state index is 14.8. The van der Waals surface area contributed by atoms with Crippen LogP contribution in [0.1, 0.15) is 51.3 Å². The lowest BCUT2D eigenvalue weighted by molar-refractivity contribution is -0.137. The van der Waals surface area contributed by atoms with Gasteiger partial charge < -0.3 is 20.1 Å². The zero-order chi connectivity index (χ0) is 27.9. The first-order chi connectivity index (χ1) is 18.5. The van der Waals surface area contributed by atoms with E-state index in [-0.39, 0.29) is 29.4 Å². The first-order valence-electron chi connectivity index (χ1n) is 12.0. The molecule has 0 saturated heterocycles. The molecule has 5 rings (SSSR count). The summed E-state index contributed by atoms with van der Waals surface area (Å²) in [6, 6.07) is 7.68. The fraction of sp³-hybridized carbons (Fsp3) is 0.259. The summed E-state index contributed by atoms with van der Waals surface area (Å²) in [5, 5.41) is 14.5.